The fourth-order valence-electron chi connectivity index (χ4n) is 1.40. The highest BCUT2D eigenvalue weighted by Crippen LogP contribution is 2.24. The minimum absolute atomic E-state index is 0.234. The predicted octanol–water partition coefficient (Wildman–Crippen LogP) is 2.41. The number of sulfone groups is 1. The molecule has 0 saturated carbocycles. The van der Waals surface area contributed by atoms with E-state index in [1.54, 1.807) is 18.3 Å². The van der Waals surface area contributed by atoms with Crippen molar-refractivity contribution in [1.29, 1.82) is 0 Å². The molecule has 1 heterocycles. The maximum Gasteiger partial charge on any atom is 0.226 e. The molecule has 100 valence electrons. The van der Waals surface area contributed by atoms with Gasteiger partial charge in [0, 0.05) is 18.0 Å². The lowest BCUT2D eigenvalue weighted by atomic mass is 10.3. The highest BCUT2D eigenvalue weighted by Gasteiger charge is 2.09. The van der Waals surface area contributed by atoms with E-state index in [1.165, 1.54) is 18.5 Å². The van der Waals surface area contributed by atoms with Crippen molar-refractivity contribution in [3.8, 4) is 11.6 Å². The number of hydrogen-bond acceptors (Lipinski definition) is 5. The molecule has 0 amide bonds. The fourth-order valence-corrected chi connectivity index (χ4v) is 2.21. The number of hydrogen-bond donors (Lipinski definition) is 0. The van der Waals surface area contributed by atoms with E-state index in [2.05, 4.69) is 9.97 Å². The molecule has 1 aromatic carbocycles. The summed E-state index contributed by atoms with van der Waals surface area (Å²) in [6.07, 6.45) is 4.08. The van der Waals surface area contributed by atoms with Crippen molar-refractivity contribution in [2.45, 2.75) is 10.8 Å². The van der Waals surface area contributed by atoms with Crippen LogP contribution in [0.25, 0.3) is 0 Å². The molecule has 19 heavy (non-hydrogen) atoms. The number of aromatic nitrogens is 2. The van der Waals surface area contributed by atoms with E-state index >= 15 is 0 Å². The molecule has 5 nitrogen and oxygen atoms in total. The van der Waals surface area contributed by atoms with Gasteiger partial charge in [0.25, 0.3) is 0 Å². The minimum atomic E-state index is -3.21. The van der Waals surface area contributed by atoms with Crippen LogP contribution in [-0.2, 0) is 15.7 Å². The highest BCUT2D eigenvalue weighted by atomic mass is 35.5. The fraction of sp³-hybridized carbons (Fsp3) is 0.167. The number of alkyl halides is 1. The van der Waals surface area contributed by atoms with Crippen LogP contribution in [0.15, 0.2) is 41.7 Å². The average Bonchev–Trinajstić information content (AvgIpc) is 2.39. The third-order valence-electron chi connectivity index (χ3n) is 2.36. The normalized spacial score (nSPS) is 11.3. The number of nitrogens with zero attached hydrogens (tertiary/aromatic N) is 2. The lowest BCUT2D eigenvalue weighted by molar-refractivity contribution is 0.456. The van der Waals surface area contributed by atoms with Gasteiger partial charge in [0.15, 0.2) is 9.84 Å². The molecule has 0 aliphatic heterocycles. The first-order chi connectivity index (χ1) is 9.00. The topological polar surface area (TPSA) is 69.2 Å². The molecule has 0 radical (unpaired) electrons. The summed E-state index contributed by atoms with van der Waals surface area (Å²) in [6.45, 7) is 0. The van der Waals surface area contributed by atoms with E-state index in [0.717, 1.165) is 6.26 Å². The van der Waals surface area contributed by atoms with Gasteiger partial charge in [-0.1, -0.05) is 0 Å². The van der Waals surface area contributed by atoms with E-state index in [1.807, 2.05) is 0 Å². The van der Waals surface area contributed by atoms with Crippen LogP contribution in [0.1, 0.15) is 5.56 Å². The first-order valence-electron chi connectivity index (χ1n) is 5.33. The Kier molecular flexibility index (Phi) is 4.01. The molecule has 0 aliphatic rings. The van der Waals surface area contributed by atoms with Crippen LogP contribution in [0.2, 0.25) is 0 Å². The molecular formula is C12H11ClN2O3S. The van der Waals surface area contributed by atoms with E-state index in [0.29, 0.717) is 17.2 Å². The largest absolute Gasteiger partial charge is 0.439 e. The van der Waals surface area contributed by atoms with Crippen molar-refractivity contribution >= 4 is 21.4 Å². The number of rotatable bonds is 4. The summed E-state index contributed by atoms with van der Waals surface area (Å²) in [6, 6.07) is 6.09. The highest BCUT2D eigenvalue weighted by molar-refractivity contribution is 7.90. The van der Waals surface area contributed by atoms with Crippen LogP contribution in [-0.4, -0.2) is 24.6 Å². The van der Waals surface area contributed by atoms with Crippen molar-refractivity contribution in [3.63, 3.8) is 0 Å². The van der Waals surface area contributed by atoms with Crippen molar-refractivity contribution in [1.82, 2.24) is 9.97 Å². The van der Waals surface area contributed by atoms with Gasteiger partial charge in [-0.3, -0.25) is 0 Å². The maximum absolute atomic E-state index is 11.3. The molecule has 0 spiro atoms. The van der Waals surface area contributed by atoms with Crippen LogP contribution < -0.4 is 4.74 Å². The van der Waals surface area contributed by atoms with Crippen molar-refractivity contribution in [3.05, 3.63) is 42.4 Å². The number of ether oxygens (including phenoxy) is 1. The van der Waals surface area contributed by atoms with Crippen LogP contribution >= 0.6 is 11.6 Å². The first-order valence-corrected chi connectivity index (χ1v) is 7.76. The summed E-state index contributed by atoms with van der Waals surface area (Å²) in [4.78, 5) is 8.07. The van der Waals surface area contributed by atoms with Gasteiger partial charge in [0.1, 0.15) is 12.1 Å². The summed E-state index contributed by atoms with van der Waals surface area (Å²) in [5.41, 5.74) is 0.663. The van der Waals surface area contributed by atoms with Crippen LogP contribution in [0, 0.1) is 0 Å². The zero-order valence-electron chi connectivity index (χ0n) is 10.1. The Morgan fingerprint density at radius 3 is 2.53 bits per heavy atom. The van der Waals surface area contributed by atoms with Crippen LogP contribution in [0.5, 0.6) is 11.6 Å². The summed E-state index contributed by atoms with van der Waals surface area (Å²) in [5, 5.41) is 0. The van der Waals surface area contributed by atoms with Gasteiger partial charge in [0.2, 0.25) is 5.88 Å². The quantitative estimate of drug-likeness (QED) is 0.811. The van der Waals surface area contributed by atoms with Gasteiger partial charge in [-0.25, -0.2) is 18.4 Å². The van der Waals surface area contributed by atoms with Gasteiger partial charge < -0.3 is 4.74 Å². The zero-order valence-corrected chi connectivity index (χ0v) is 11.6. The molecule has 7 heteroatoms. The van der Waals surface area contributed by atoms with Crippen LogP contribution in [0.3, 0.4) is 0 Å². The average molecular weight is 299 g/mol. The predicted molar refractivity (Wildman–Crippen MR) is 71.2 cm³/mol. The SMILES string of the molecule is CS(=O)(=O)c1ccc(Oc2ncncc2CCl)cc1. The Bertz CT molecular complexity index is 672. The molecule has 0 N–H and O–H groups in total. The van der Waals surface area contributed by atoms with Crippen molar-refractivity contribution < 1.29 is 13.2 Å². The van der Waals surface area contributed by atoms with Gasteiger partial charge in [-0.15, -0.1) is 11.6 Å². The molecule has 0 saturated heterocycles. The number of benzene rings is 1. The Morgan fingerprint density at radius 1 is 1.26 bits per heavy atom. The Labute approximate surface area is 116 Å². The maximum atomic E-state index is 11.3. The monoisotopic (exact) mass is 298 g/mol. The molecule has 0 atom stereocenters. The third-order valence-corrected chi connectivity index (χ3v) is 3.77. The van der Waals surface area contributed by atoms with Gasteiger partial charge >= 0.3 is 0 Å². The molecule has 0 aliphatic carbocycles. The standard InChI is InChI=1S/C12H11ClN2O3S/c1-19(16,17)11-4-2-10(3-5-11)18-12-9(6-13)7-14-8-15-12/h2-5,7-8H,6H2,1H3. The van der Waals surface area contributed by atoms with E-state index in [9.17, 15) is 8.42 Å². The second-order valence-electron chi connectivity index (χ2n) is 3.83. The molecule has 0 bridgehead atoms. The minimum Gasteiger partial charge on any atom is -0.439 e. The zero-order chi connectivity index (χ0) is 13.9. The molecule has 2 aromatic rings. The summed E-state index contributed by atoms with van der Waals surface area (Å²) in [5.74, 6) is 1.08. The second kappa shape index (κ2) is 5.54. The number of halogens is 1. The molecular weight excluding hydrogens is 288 g/mol. The van der Waals surface area contributed by atoms with E-state index in [4.69, 9.17) is 16.3 Å². The van der Waals surface area contributed by atoms with Gasteiger partial charge in [0.05, 0.1) is 10.8 Å². The second-order valence-corrected chi connectivity index (χ2v) is 6.12. The lowest BCUT2D eigenvalue weighted by Crippen LogP contribution is -1.97. The van der Waals surface area contributed by atoms with E-state index in [-0.39, 0.29) is 10.8 Å². The van der Waals surface area contributed by atoms with Crippen LogP contribution in [0.4, 0.5) is 0 Å². The van der Waals surface area contributed by atoms with Crippen molar-refractivity contribution in [2.24, 2.45) is 0 Å². The molecule has 1 aromatic heterocycles. The summed E-state index contributed by atoms with van der Waals surface area (Å²) in [7, 11) is -3.21. The first kappa shape index (κ1) is 13.8. The summed E-state index contributed by atoms with van der Waals surface area (Å²) >= 11 is 5.74. The van der Waals surface area contributed by atoms with Gasteiger partial charge in [-0.2, -0.15) is 0 Å². The van der Waals surface area contributed by atoms with E-state index < -0.39 is 9.84 Å². The van der Waals surface area contributed by atoms with Crippen molar-refractivity contribution in [2.75, 3.05) is 6.26 Å². The Morgan fingerprint density at radius 2 is 1.95 bits per heavy atom. The third kappa shape index (κ3) is 3.42. The van der Waals surface area contributed by atoms with Gasteiger partial charge in [-0.05, 0) is 24.3 Å². The Hall–Kier alpha value is -1.66. The lowest BCUT2D eigenvalue weighted by Gasteiger charge is -2.07. The molecule has 0 fully saturated rings. The smallest absolute Gasteiger partial charge is 0.226 e. The molecule has 0 unspecified atom stereocenters. The molecule has 2 rings (SSSR count). The summed E-state index contributed by atoms with van der Waals surface area (Å²) < 4.78 is 28.2. The Balaban J connectivity index is 2.25.